The monoisotopic (exact) mass is 231 g/mol. The van der Waals surface area contributed by atoms with E-state index in [2.05, 4.69) is 10.3 Å². The van der Waals surface area contributed by atoms with Crippen molar-refractivity contribution >= 4 is 11.8 Å². The van der Waals surface area contributed by atoms with Crippen molar-refractivity contribution in [2.45, 2.75) is 13.8 Å². The molecule has 1 aromatic heterocycles. The summed E-state index contributed by atoms with van der Waals surface area (Å²) in [6.45, 7) is 3.56. The van der Waals surface area contributed by atoms with Gasteiger partial charge in [0.05, 0.1) is 6.61 Å². The standard InChI is InChI=1S/C12H13N3O2/c1-3-17-12(16)10(8-13)9(2)15-11-6-4-5-7-14-11/h4-7H,3H2,1-2H3,(H,14,15)/b10-9-. The molecule has 1 rings (SSSR count). The van der Waals surface area contributed by atoms with E-state index in [4.69, 9.17) is 10.00 Å². The zero-order valence-corrected chi connectivity index (χ0v) is 9.73. The molecule has 0 radical (unpaired) electrons. The largest absolute Gasteiger partial charge is 0.462 e. The summed E-state index contributed by atoms with van der Waals surface area (Å²) in [5, 5.41) is 11.8. The topological polar surface area (TPSA) is 75.0 Å². The fourth-order valence-electron chi connectivity index (χ4n) is 1.18. The van der Waals surface area contributed by atoms with Crippen molar-refractivity contribution in [3.8, 4) is 6.07 Å². The van der Waals surface area contributed by atoms with Gasteiger partial charge in [-0.25, -0.2) is 9.78 Å². The average Bonchev–Trinajstić information content (AvgIpc) is 2.31. The number of nitriles is 1. The lowest BCUT2D eigenvalue weighted by molar-refractivity contribution is -0.138. The maximum Gasteiger partial charge on any atom is 0.350 e. The van der Waals surface area contributed by atoms with E-state index in [1.165, 1.54) is 0 Å². The van der Waals surface area contributed by atoms with Gasteiger partial charge in [0.15, 0.2) is 5.57 Å². The van der Waals surface area contributed by atoms with Crippen molar-refractivity contribution in [1.82, 2.24) is 4.98 Å². The number of pyridine rings is 1. The summed E-state index contributed by atoms with van der Waals surface area (Å²) in [5.74, 6) is -0.0574. The molecular weight excluding hydrogens is 218 g/mol. The molecule has 0 aliphatic carbocycles. The van der Waals surface area contributed by atoms with E-state index in [-0.39, 0.29) is 12.2 Å². The van der Waals surface area contributed by atoms with Crippen molar-refractivity contribution in [2.75, 3.05) is 11.9 Å². The summed E-state index contributed by atoms with van der Waals surface area (Å²) < 4.78 is 4.77. The number of carbonyl (C=O) groups is 1. The number of nitrogens with zero attached hydrogens (tertiary/aromatic N) is 2. The number of hydrogen-bond acceptors (Lipinski definition) is 5. The van der Waals surface area contributed by atoms with Gasteiger partial charge in [-0.05, 0) is 26.0 Å². The molecule has 5 nitrogen and oxygen atoms in total. The van der Waals surface area contributed by atoms with Gasteiger partial charge in [-0.2, -0.15) is 5.26 Å². The Kier molecular flexibility index (Phi) is 4.70. The van der Waals surface area contributed by atoms with Crippen molar-refractivity contribution in [1.29, 1.82) is 5.26 Å². The van der Waals surface area contributed by atoms with E-state index in [0.29, 0.717) is 11.5 Å². The molecule has 0 saturated carbocycles. The normalized spacial score (nSPS) is 11.1. The molecule has 0 spiro atoms. The van der Waals surface area contributed by atoms with Gasteiger partial charge in [-0.15, -0.1) is 0 Å². The highest BCUT2D eigenvalue weighted by Crippen LogP contribution is 2.10. The summed E-state index contributed by atoms with van der Waals surface area (Å²) in [5.41, 5.74) is 0.377. The first-order chi connectivity index (χ1) is 8.19. The molecule has 0 fully saturated rings. The third-order valence-electron chi connectivity index (χ3n) is 1.95. The zero-order valence-electron chi connectivity index (χ0n) is 9.73. The number of hydrogen-bond donors (Lipinski definition) is 1. The molecule has 0 aliphatic heterocycles. The van der Waals surface area contributed by atoms with Gasteiger partial charge < -0.3 is 10.1 Å². The van der Waals surface area contributed by atoms with Crippen LogP contribution in [-0.4, -0.2) is 17.6 Å². The van der Waals surface area contributed by atoms with E-state index in [0.717, 1.165) is 0 Å². The molecule has 0 saturated heterocycles. The van der Waals surface area contributed by atoms with E-state index in [9.17, 15) is 4.79 Å². The van der Waals surface area contributed by atoms with Crippen LogP contribution in [0.25, 0.3) is 0 Å². The Morgan fingerprint density at radius 2 is 2.35 bits per heavy atom. The van der Waals surface area contributed by atoms with Crippen LogP contribution < -0.4 is 5.32 Å². The lowest BCUT2D eigenvalue weighted by Gasteiger charge is -2.07. The van der Waals surface area contributed by atoms with Crippen LogP contribution in [0.15, 0.2) is 35.7 Å². The molecule has 0 unspecified atom stereocenters. The maximum absolute atomic E-state index is 11.4. The van der Waals surface area contributed by atoms with Gasteiger partial charge in [0, 0.05) is 11.9 Å². The van der Waals surface area contributed by atoms with Crippen LogP contribution >= 0.6 is 0 Å². The molecule has 17 heavy (non-hydrogen) atoms. The summed E-state index contributed by atoms with van der Waals surface area (Å²) in [7, 11) is 0. The minimum Gasteiger partial charge on any atom is -0.462 e. The number of ether oxygens (including phenoxy) is 1. The van der Waals surface area contributed by atoms with Gasteiger partial charge in [-0.1, -0.05) is 6.07 Å². The SMILES string of the molecule is CCOC(=O)/C(C#N)=C(/C)Nc1ccccn1. The molecule has 0 bridgehead atoms. The number of carbonyl (C=O) groups excluding carboxylic acids is 1. The highest BCUT2D eigenvalue weighted by atomic mass is 16.5. The van der Waals surface area contributed by atoms with Crippen LogP contribution in [0.1, 0.15) is 13.8 Å². The lowest BCUT2D eigenvalue weighted by atomic mass is 10.2. The van der Waals surface area contributed by atoms with Crippen LogP contribution in [-0.2, 0) is 9.53 Å². The molecule has 0 aliphatic rings. The van der Waals surface area contributed by atoms with E-state index >= 15 is 0 Å². The average molecular weight is 231 g/mol. The van der Waals surface area contributed by atoms with Crippen molar-refractivity contribution < 1.29 is 9.53 Å². The predicted molar refractivity (Wildman–Crippen MR) is 62.8 cm³/mol. The van der Waals surface area contributed by atoms with Crippen LogP contribution in [0.4, 0.5) is 5.82 Å². The van der Waals surface area contributed by atoms with E-state index in [1.807, 2.05) is 6.07 Å². The van der Waals surface area contributed by atoms with Gasteiger partial charge in [0.2, 0.25) is 0 Å². The third-order valence-corrected chi connectivity index (χ3v) is 1.95. The van der Waals surface area contributed by atoms with Crippen LogP contribution in [0, 0.1) is 11.3 Å². The Labute approximate surface area is 99.7 Å². The summed E-state index contributed by atoms with van der Waals surface area (Å²) in [6, 6.07) is 7.14. The second-order valence-electron chi connectivity index (χ2n) is 3.17. The van der Waals surface area contributed by atoms with E-state index < -0.39 is 5.97 Å². The van der Waals surface area contributed by atoms with E-state index in [1.54, 1.807) is 38.2 Å². The third kappa shape index (κ3) is 3.61. The quantitative estimate of drug-likeness (QED) is 0.486. The highest BCUT2D eigenvalue weighted by molar-refractivity contribution is 5.94. The Hall–Kier alpha value is -2.35. The summed E-state index contributed by atoms with van der Waals surface area (Å²) in [4.78, 5) is 15.5. The molecule has 1 heterocycles. The van der Waals surface area contributed by atoms with Gasteiger partial charge >= 0.3 is 5.97 Å². The number of allylic oxidation sites excluding steroid dienone is 1. The van der Waals surface area contributed by atoms with Crippen molar-refractivity contribution in [2.24, 2.45) is 0 Å². The Bertz CT molecular complexity index is 460. The van der Waals surface area contributed by atoms with Crippen LogP contribution in [0.2, 0.25) is 0 Å². The second-order valence-corrected chi connectivity index (χ2v) is 3.17. The number of nitrogens with one attached hydrogen (secondary N) is 1. The molecule has 0 atom stereocenters. The van der Waals surface area contributed by atoms with Crippen molar-refractivity contribution in [3.63, 3.8) is 0 Å². The minimum absolute atomic E-state index is 0.0440. The number of rotatable bonds is 4. The van der Waals surface area contributed by atoms with Gasteiger partial charge in [0.1, 0.15) is 11.9 Å². The minimum atomic E-state index is -0.629. The zero-order chi connectivity index (χ0) is 12.7. The molecule has 1 N–H and O–H groups in total. The Morgan fingerprint density at radius 3 is 2.88 bits per heavy atom. The fraction of sp³-hybridized carbons (Fsp3) is 0.250. The number of esters is 1. The first kappa shape index (κ1) is 12.7. The first-order valence-electron chi connectivity index (χ1n) is 5.15. The summed E-state index contributed by atoms with van der Waals surface area (Å²) in [6.07, 6.45) is 1.62. The molecular formula is C12H13N3O2. The van der Waals surface area contributed by atoms with Crippen LogP contribution in [0.3, 0.4) is 0 Å². The predicted octanol–water partition coefficient (Wildman–Crippen LogP) is 1.85. The molecule has 0 aromatic carbocycles. The summed E-state index contributed by atoms with van der Waals surface area (Å²) >= 11 is 0. The fourth-order valence-corrected chi connectivity index (χ4v) is 1.18. The first-order valence-corrected chi connectivity index (χ1v) is 5.15. The number of anilines is 1. The smallest absolute Gasteiger partial charge is 0.350 e. The van der Waals surface area contributed by atoms with Crippen LogP contribution in [0.5, 0.6) is 0 Å². The Morgan fingerprint density at radius 1 is 1.59 bits per heavy atom. The molecule has 88 valence electrons. The second kappa shape index (κ2) is 6.28. The number of aromatic nitrogens is 1. The maximum atomic E-state index is 11.4. The van der Waals surface area contributed by atoms with Gasteiger partial charge in [-0.3, -0.25) is 0 Å². The molecule has 5 heteroatoms. The Balaban J connectivity index is 2.88. The molecule has 1 aromatic rings. The van der Waals surface area contributed by atoms with Crippen molar-refractivity contribution in [3.05, 3.63) is 35.7 Å². The highest BCUT2D eigenvalue weighted by Gasteiger charge is 2.13. The van der Waals surface area contributed by atoms with Gasteiger partial charge in [0.25, 0.3) is 0 Å². The lowest BCUT2D eigenvalue weighted by Crippen LogP contribution is -2.11. The molecule has 0 amide bonds.